The molecule has 0 atom stereocenters. The first-order valence-electron chi connectivity index (χ1n) is 8.58. The van der Waals surface area contributed by atoms with Crippen LogP contribution in [0.1, 0.15) is 21.6 Å². The maximum atomic E-state index is 12.4. The van der Waals surface area contributed by atoms with Crippen molar-refractivity contribution in [3.63, 3.8) is 0 Å². The predicted octanol–water partition coefficient (Wildman–Crippen LogP) is 4.23. The Kier molecular flexibility index (Phi) is 4.80. The van der Waals surface area contributed by atoms with Crippen molar-refractivity contribution in [3.05, 3.63) is 88.4 Å². The van der Waals surface area contributed by atoms with Crippen molar-refractivity contribution in [2.24, 2.45) is 0 Å². The SMILES string of the molecule is Cc1ccc(-c2ccc(C(=O)NCc3cn(-c4ccsc4)nn3)cc2)cc1. The molecule has 2 aromatic carbocycles. The number of nitrogens with one attached hydrogen (secondary N) is 1. The fraction of sp³-hybridized carbons (Fsp3) is 0.0952. The smallest absolute Gasteiger partial charge is 0.251 e. The topological polar surface area (TPSA) is 59.8 Å². The van der Waals surface area contributed by atoms with Crippen LogP contribution in [0.4, 0.5) is 0 Å². The number of nitrogens with zero attached hydrogens (tertiary/aromatic N) is 3. The van der Waals surface area contributed by atoms with Crippen molar-refractivity contribution in [2.75, 3.05) is 0 Å². The zero-order chi connectivity index (χ0) is 18.6. The van der Waals surface area contributed by atoms with Gasteiger partial charge in [0, 0.05) is 10.9 Å². The van der Waals surface area contributed by atoms with Crippen LogP contribution in [0.25, 0.3) is 16.8 Å². The molecule has 4 aromatic rings. The summed E-state index contributed by atoms with van der Waals surface area (Å²) in [6, 6.07) is 17.9. The molecule has 2 aromatic heterocycles. The maximum Gasteiger partial charge on any atom is 0.251 e. The quantitative estimate of drug-likeness (QED) is 0.569. The number of rotatable bonds is 5. The van der Waals surface area contributed by atoms with Gasteiger partial charge in [-0.3, -0.25) is 4.79 Å². The molecule has 5 nitrogen and oxygen atoms in total. The molecule has 1 N–H and O–H groups in total. The standard InChI is InChI=1S/C21H18N4OS/c1-15-2-4-16(5-3-15)17-6-8-18(9-7-17)21(26)22-12-19-13-25(24-23-19)20-10-11-27-14-20/h2-11,13-14H,12H2,1H3,(H,22,26). The Morgan fingerprint density at radius 1 is 1.04 bits per heavy atom. The average molecular weight is 374 g/mol. The number of carbonyl (C=O) groups is 1. The number of carbonyl (C=O) groups excluding carboxylic acids is 1. The van der Waals surface area contributed by atoms with Crippen molar-refractivity contribution in [1.82, 2.24) is 20.3 Å². The number of aromatic nitrogens is 3. The van der Waals surface area contributed by atoms with Gasteiger partial charge in [0.1, 0.15) is 5.69 Å². The van der Waals surface area contributed by atoms with Crippen molar-refractivity contribution in [3.8, 4) is 16.8 Å². The highest BCUT2D eigenvalue weighted by Gasteiger charge is 2.08. The molecular weight excluding hydrogens is 356 g/mol. The van der Waals surface area contributed by atoms with Gasteiger partial charge in [-0.15, -0.1) is 5.10 Å². The molecule has 0 fully saturated rings. The molecule has 2 heterocycles. The Bertz CT molecular complexity index is 1030. The summed E-state index contributed by atoms with van der Waals surface area (Å²) < 4.78 is 1.70. The highest BCUT2D eigenvalue weighted by atomic mass is 32.1. The first-order chi connectivity index (χ1) is 13.2. The van der Waals surface area contributed by atoms with E-state index in [1.54, 1.807) is 16.0 Å². The van der Waals surface area contributed by atoms with Gasteiger partial charge in [0.2, 0.25) is 0 Å². The van der Waals surface area contributed by atoms with Gasteiger partial charge in [-0.25, -0.2) is 4.68 Å². The lowest BCUT2D eigenvalue weighted by molar-refractivity contribution is 0.0950. The van der Waals surface area contributed by atoms with Crippen LogP contribution in [0, 0.1) is 6.92 Å². The molecule has 0 bridgehead atoms. The average Bonchev–Trinajstić information content (AvgIpc) is 3.38. The number of aryl methyl sites for hydroxylation is 1. The molecule has 0 unspecified atom stereocenters. The van der Waals surface area contributed by atoms with Crippen LogP contribution in [-0.4, -0.2) is 20.9 Å². The highest BCUT2D eigenvalue weighted by Crippen LogP contribution is 2.20. The molecular formula is C21H18N4OS. The molecule has 0 aliphatic rings. The zero-order valence-corrected chi connectivity index (χ0v) is 15.6. The second kappa shape index (κ2) is 7.55. The summed E-state index contributed by atoms with van der Waals surface area (Å²) in [6.07, 6.45) is 1.82. The van der Waals surface area contributed by atoms with Crippen LogP contribution in [0.3, 0.4) is 0 Å². The molecule has 6 heteroatoms. The van der Waals surface area contributed by atoms with E-state index in [1.807, 2.05) is 47.3 Å². The monoisotopic (exact) mass is 374 g/mol. The van der Waals surface area contributed by atoms with Crippen LogP contribution >= 0.6 is 11.3 Å². The Morgan fingerprint density at radius 2 is 1.74 bits per heavy atom. The van der Waals surface area contributed by atoms with Gasteiger partial charge >= 0.3 is 0 Å². The minimum absolute atomic E-state index is 0.129. The van der Waals surface area contributed by atoms with Gasteiger partial charge in [0.05, 0.1) is 18.4 Å². The number of benzene rings is 2. The van der Waals surface area contributed by atoms with Crippen LogP contribution in [-0.2, 0) is 6.54 Å². The molecule has 0 saturated heterocycles. The fourth-order valence-corrected chi connectivity index (χ4v) is 3.35. The summed E-state index contributed by atoms with van der Waals surface area (Å²) in [5.74, 6) is -0.129. The molecule has 0 aliphatic heterocycles. The lowest BCUT2D eigenvalue weighted by Gasteiger charge is -2.06. The molecule has 27 heavy (non-hydrogen) atoms. The second-order valence-electron chi connectivity index (χ2n) is 6.26. The van der Waals surface area contributed by atoms with E-state index in [4.69, 9.17) is 0 Å². The zero-order valence-electron chi connectivity index (χ0n) is 14.8. The van der Waals surface area contributed by atoms with Crippen molar-refractivity contribution in [2.45, 2.75) is 13.5 Å². The first-order valence-corrected chi connectivity index (χ1v) is 9.52. The van der Waals surface area contributed by atoms with Gasteiger partial charge in [0.25, 0.3) is 5.91 Å². The van der Waals surface area contributed by atoms with E-state index >= 15 is 0 Å². The fourth-order valence-electron chi connectivity index (χ4n) is 2.73. The van der Waals surface area contributed by atoms with E-state index < -0.39 is 0 Å². The maximum absolute atomic E-state index is 12.4. The molecule has 1 amide bonds. The van der Waals surface area contributed by atoms with E-state index in [0.717, 1.165) is 16.8 Å². The lowest BCUT2D eigenvalue weighted by Crippen LogP contribution is -2.22. The van der Waals surface area contributed by atoms with Gasteiger partial charge in [-0.2, -0.15) is 11.3 Å². The Labute approximate surface area is 161 Å². The van der Waals surface area contributed by atoms with Gasteiger partial charge in [-0.1, -0.05) is 47.2 Å². The van der Waals surface area contributed by atoms with E-state index in [1.165, 1.54) is 5.56 Å². The number of hydrogen-bond donors (Lipinski definition) is 1. The largest absolute Gasteiger partial charge is 0.346 e. The van der Waals surface area contributed by atoms with Gasteiger partial charge in [-0.05, 0) is 41.6 Å². The summed E-state index contributed by atoms with van der Waals surface area (Å²) in [4.78, 5) is 12.4. The Hall–Kier alpha value is -3.25. The highest BCUT2D eigenvalue weighted by molar-refractivity contribution is 7.08. The van der Waals surface area contributed by atoms with E-state index in [2.05, 4.69) is 46.8 Å². The Balaban J connectivity index is 1.39. The second-order valence-corrected chi connectivity index (χ2v) is 7.04. The molecule has 134 valence electrons. The van der Waals surface area contributed by atoms with E-state index in [0.29, 0.717) is 17.8 Å². The van der Waals surface area contributed by atoms with Crippen molar-refractivity contribution >= 4 is 17.2 Å². The normalized spacial score (nSPS) is 10.7. The van der Waals surface area contributed by atoms with E-state index in [9.17, 15) is 4.79 Å². The third-order valence-corrected chi connectivity index (χ3v) is 4.94. The molecule has 0 saturated carbocycles. The molecule has 4 rings (SSSR count). The lowest BCUT2D eigenvalue weighted by atomic mass is 10.0. The number of amides is 1. The minimum atomic E-state index is -0.129. The van der Waals surface area contributed by atoms with Gasteiger partial charge in [0.15, 0.2) is 0 Å². The van der Waals surface area contributed by atoms with Crippen LogP contribution < -0.4 is 5.32 Å². The summed E-state index contributed by atoms with van der Waals surface area (Å²) in [7, 11) is 0. The third-order valence-electron chi connectivity index (χ3n) is 4.27. The minimum Gasteiger partial charge on any atom is -0.346 e. The third kappa shape index (κ3) is 3.96. The number of thiophene rings is 1. The van der Waals surface area contributed by atoms with Crippen molar-refractivity contribution < 1.29 is 4.79 Å². The first kappa shape index (κ1) is 17.2. The Morgan fingerprint density at radius 3 is 2.41 bits per heavy atom. The van der Waals surface area contributed by atoms with Gasteiger partial charge < -0.3 is 5.32 Å². The summed E-state index contributed by atoms with van der Waals surface area (Å²) in [5, 5.41) is 15.1. The summed E-state index contributed by atoms with van der Waals surface area (Å²) in [5.41, 5.74) is 5.76. The summed E-state index contributed by atoms with van der Waals surface area (Å²) >= 11 is 1.60. The van der Waals surface area contributed by atoms with E-state index in [-0.39, 0.29) is 5.91 Å². The van der Waals surface area contributed by atoms with Crippen LogP contribution in [0.5, 0.6) is 0 Å². The molecule has 0 aliphatic carbocycles. The number of hydrogen-bond acceptors (Lipinski definition) is 4. The molecule has 0 spiro atoms. The molecule has 0 radical (unpaired) electrons. The summed E-state index contributed by atoms with van der Waals surface area (Å²) in [6.45, 7) is 2.40. The van der Waals surface area contributed by atoms with Crippen LogP contribution in [0.15, 0.2) is 71.6 Å². The van der Waals surface area contributed by atoms with Crippen LogP contribution in [0.2, 0.25) is 0 Å². The van der Waals surface area contributed by atoms with Crippen molar-refractivity contribution in [1.29, 1.82) is 0 Å². The predicted molar refractivity (Wildman–Crippen MR) is 107 cm³/mol.